The van der Waals surface area contributed by atoms with Crippen LogP contribution in [0.2, 0.25) is 0 Å². The molecule has 0 amide bonds. The summed E-state index contributed by atoms with van der Waals surface area (Å²) in [5.41, 5.74) is -1.93. The molecule has 1 aliphatic heterocycles. The van der Waals surface area contributed by atoms with Crippen molar-refractivity contribution < 1.29 is 14.6 Å². The molecule has 0 aromatic heterocycles. The van der Waals surface area contributed by atoms with E-state index in [1.165, 1.54) is 19.3 Å². The van der Waals surface area contributed by atoms with Crippen molar-refractivity contribution in [1.82, 2.24) is 4.90 Å². The molecule has 4 nitrogen and oxygen atoms in total. The lowest BCUT2D eigenvalue weighted by molar-refractivity contribution is -0.182. The highest BCUT2D eigenvalue weighted by molar-refractivity contribution is 5.82. The summed E-state index contributed by atoms with van der Waals surface area (Å²) in [5, 5.41) is 11.5. The van der Waals surface area contributed by atoms with Crippen LogP contribution in [0.5, 0.6) is 0 Å². The molecule has 0 bridgehead atoms. The minimum atomic E-state index is -1.61. The molecule has 152 valence electrons. The van der Waals surface area contributed by atoms with Crippen LogP contribution in [0.3, 0.4) is 0 Å². The molecule has 4 heteroatoms. The number of benzene rings is 1. The summed E-state index contributed by atoms with van der Waals surface area (Å²) in [6.45, 7) is 6.48. The van der Waals surface area contributed by atoms with Crippen LogP contribution in [0.4, 0.5) is 0 Å². The van der Waals surface area contributed by atoms with E-state index in [0.717, 1.165) is 38.8 Å². The fourth-order valence-corrected chi connectivity index (χ4v) is 4.37. The van der Waals surface area contributed by atoms with Gasteiger partial charge >= 0.3 is 5.97 Å². The van der Waals surface area contributed by atoms with Gasteiger partial charge in [0.1, 0.15) is 0 Å². The monoisotopic (exact) mass is 383 g/mol. The molecule has 0 radical (unpaired) electrons. The summed E-state index contributed by atoms with van der Waals surface area (Å²) in [7, 11) is 0. The minimum absolute atomic E-state index is 0.112. The number of carbonyl (C=O) groups excluding carboxylic acids is 1. The van der Waals surface area contributed by atoms with E-state index in [-0.39, 0.29) is 5.92 Å². The molecule has 1 saturated carbocycles. The number of hydrogen-bond donors (Lipinski definition) is 1. The third-order valence-electron chi connectivity index (χ3n) is 5.96. The van der Waals surface area contributed by atoms with Gasteiger partial charge in [0.2, 0.25) is 0 Å². The second-order valence-electron chi connectivity index (χ2n) is 8.65. The summed E-state index contributed by atoms with van der Waals surface area (Å²) in [4.78, 5) is 15.5. The normalized spacial score (nSPS) is 20.8. The standard InChI is InChI=1S/C24H33NO3/c1-23(2,16-11-19-25-17-9-4-10-18-25)28-22(26)24(27,21-14-7-8-15-21)20-12-5-3-6-13-20/h3,5-6,12-13,21,27H,4,7-10,14-15,17-19H2,1-2H3. The number of piperidine rings is 1. The van der Waals surface area contributed by atoms with E-state index >= 15 is 0 Å². The minimum Gasteiger partial charge on any atom is -0.444 e. The van der Waals surface area contributed by atoms with Gasteiger partial charge in [-0.3, -0.25) is 4.90 Å². The van der Waals surface area contributed by atoms with Crippen LogP contribution in [0.1, 0.15) is 64.4 Å². The molecular formula is C24H33NO3. The van der Waals surface area contributed by atoms with Crippen LogP contribution in [0, 0.1) is 17.8 Å². The SMILES string of the molecule is CC(C)(C#CCN1CCCCC1)OC(=O)C(O)(c1ccccc1)C1CCCC1. The predicted octanol–water partition coefficient (Wildman–Crippen LogP) is 3.88. The van der Waals surface area contributed by atoms with Gasteiger partial charge in [-0.1, -0.05) is 61.4 Å². The van der Waals surface area contributed by atoms with Gasteiger partial charge in [0.05, 0.1) is 6.54 Å². The maximum Gasteiger partial charge on any atom is 0.344 e. The topological polar surface area (TPSA) is 49.8 Å². The summed E-state index contributed by atoms with van der Waals surface area (Å²) in [5.74, 6) is 5.59. The van der Waals surface area contributed by atoms with Crippen LogP contribution in [0.25, 0.3) is 0 Å². The van der Waals surface area contributed by atoms with Gasteiger partial charge in [-0.15, -0.1) is 0 Å². The third-order valence-corrected chi connectivity index (χ3v) is 5.96. The first kappa shape index (κ1) is 20.9. The van der Waals surface area contributed by atoms with E-state index in [1.807, 2.05) is 30.3 Å². The molecule has 3 rings (SSSR count). The number of likely N-dealkylation sites (tertiary alicyclic amines) is 1. The highest BCUT2D eigenvalue weighted by atomic mass is 16.6. The number of hydrogen-bond acceptors (Lipinski definition) is 4. The summed E-state index contributed by atoms with van der Waals surface area (Å²) in [6, 6.07) is 9.22. The predicted molar refractivity (Wildman–Crippen MR) is 111 cm³/mol. The highest BCUT2D eigenvalue weighted by Crippen LogP contribution is 2.42. The number of aliphatic hydroxyl groups is 1. The second-order valence-corrected chi connectivity index (χ2v) is 8.65. The number of ether oxygens (including phenoxy) is 1. The van der Waals surface area contributed by atoms with Crippen molar-refractivity contribution in [2.75, 3.05) is 19.6 Å². The van der Waals surface area contributed by atoms with Crippen LogP contribution < -0.4 is 0 Å². The average Bonchev–Trinajstić information content (AvgIpc) is 3.23. The Morgan fingerprint density at radius 2 is 1.75 bits per heavy atom. The van der Waals surface area contributed by atoms with E-state index in [1.54, 1.807) is 13.8 Å². The van der Waals surface area contributed by atoms with Crippen LogP contribution in [-0.2, 0) is 15.1 Å². The lowest BCUT2D eigenvalue weighted by Gasteiger charge is -2.34. The van der Waals surface area contributed by atoms with Gasteiger partial charge in [-0.05, 0) is 58.2 Å². The molecular weight excluding hydrogens is 350 g/mol. The fourth-order valence-electron chi connectivity index (χ4n) is 4.37. The smallest absolute Gasteiger partial charge is 0.344 e. The molecule has 1 N–H and O–H groups in total. The number of rotatable bonds is 5. The van der Waals surface area contributed by atoms with Crippen molar-refractivity contribution in [2.24, 2.45) is 5.92 Å². The molecule has 1 saturated heterocycles. The maximum absolute atomic E-state index is 13.2. The third kappa shape index (κ3) is 4.96. The summed E-state index contributed by atoms with van der Waals surface area (Å²) < 4.78 is 5.78. The van der Waals surface area contributed by atoms with Crippen LogP contribution >= 0.6 is 0 Å². The van der Waals surface area contributed by atoms with Gasteiger partial charge in [-0.2, -0.15) is 0 Å². The zero-order valence-electron chi connectivity index (χ0n) is 17.2. The van der Waals surface area contributed by atoms with E-state index in [9.17, 15) is 9.90 Å². The molecule has 2 aliphatic rings. The fraction of sp³-hybridized carbons (Fsp3) is 0.625. The first-order chi connectivity index (χ1) is 13.4. The van der Waals surface area contributed by atoms with Crippen molar-refractivity contribution >= 4 is 5.97 Å². The van der Waals surface area contributed by atoms with Crippen molar-refractivity contribution in [1.29, 1.82) is 0 Å². The molecule has 1 unspecified atom stereocenters. The van der Waals surface area contributed by atoms with E-state index in [0.29, 0.717) is 12.1 Å². The molecule has 0 spiro atoms. The van der Waals surface area contributed by atoms with Crippen molar-refractivity contribution in [3.05, 3.63) is 35.9 Å². The summed E-state index contributed by atoms with van der Waals surface area (Å²) >= 11 is 0. The van der Waals surface area contributed by atoms with Crippen LogP contribution in [-0.4, -0.2) is 41.2 Å². The second kappa shape index (κ2) is 9.11. The molecule has 1 heterocycles. The van der Waals surface area contributed by atoms with Gasteiger partial charge in [0.15, 0.2) is 11.2 Å². The Labute approximate surface area is 169 Å². The molecule has 1 aliphatic carbocycles. The zero-order chi connectivity index (χ0) is 20.0. The largest absolute Gasteiger partial charge is 0.444 e. The van der Waals surface area contributed by atoms with Gasteiger partial charge < -0.3 is 9.84 Å². The van der Waals surface area contributed by atoms with Gasteiger partial charge in [0, 0.05) is 5.92 Å². The molecule has 2 fully saturated rings. The molecule has 28 heavy (non-hydrogen) atoms. The molecule has 1 atom stereocenters. The Morgan fingerprint density at radius 3 is 2.39 bits per heavy atom. The Kier molecular flexibility index (Phi) is 6.80. The van der Waals surface area contributed by atoms with Crippen molar-refractivity contribution in [2.45, 2.75) is 70.0 Å². The van der Waals surface area contributed by atoms with Crippen molar-refractivity contribution in [3.8, 4) is 11.8 Å². The lowest BCUT2D eigenvalue weighted by Crippen LogP contribution is -2.46. The number of nitrogens with zero attached hydrogens (tertiary/aromatic N) is 1. The highest BCUT2D eigenvalue weighted by Gasteiger charge is 2.49. The van der Waals surface area contributed by atoms with Crippen molar-refractivity contribution in [3.63, 3.8) is 0 Å². The number of esters is 1. The van der Waals surface area contributed by atoms with E-state index < -0.39 is 17.2 Å². The first-order valence-electron chi connectivity index (χ1n) is 10.7. The quantitative estimate of drug-likeness (QED) is 0.619. The Hall–Kier alpha value is -1.83. The zero-order valence-corrected chi connectivity index (χ0v) is 17.2. The first-order valence-corrected chi connectivity index (χ1v) is 10.7. The molecule has 1 aromatic carbocycles. The van der Waals surface area contributed by atoms with Crippen LogP contribution in [0.15, 0.2) is 30.3 Å². The van der Waals surface area contributed by atoms with Gasteiger partial charge in [-0.25, -0.2) is 4.79 Å². The summed E-state index contributed by atoms with van der Waals surface area (Å²) in [6.07, 6.45) is 7.49. The lowest BCUT2D eigenvalue weighted by atomic mass is 9.80. The maximum atomic E-state index is 13.2. The van der Waals surface area contributed by atoms with E-state index in [2.05, 4.69) is 16.7 Å². The average molecular weight is 384 g/mol. The van der Waals surface area contributed by atoms with Gasteiger partial charge in [0.25, 0.3) is 0 Å². The Morgan fingerprint density at radius 1 is 1.11 bits per heavy atom. The van der Waals surface area contributed by atoms with E-state index in [4.69, 9.17) is 4.74 Å². The molecule has 1 aromatic rings. The Bertz CT molecular complexity index is 706. The number of carbonyl (C=O) groups is 1. The Balaban J connectivity index is 1.72.